The van der Waals surface area contributed by atoms with Gasteiger partial charge in [-0.25, -0.2) is 0 Å². The van der Waals surface area contributed by atoms with Gasteiger partial charge in [0.15, 0.2) is 5.82 Å². The largest absolute Gasteiger partial charge is 0.234 e. The third-order valence-electron chi connectivity index (χ3n) is 1.67. The van der Waals surface area contributed by atoms with Crippen LogP contribution in [0.4, 0.5) is 0 Å². The van der Waals surface area contributed by atoms with Gasteiger partial charge >= 0.3 is 0 Å². The van der Waals surface area contributed by atoms with E-state index in [2.05, 4.69) is 24.9 Å². The summed E-state index contributed by atoms with van der Waals surface area (Å²) in [6, 6.07) is 0. The van der Waals surface area contributed by atoms with Crippen LogP contribution in [0.3, 0.4) is 0 Å². The Kier molecular flexibility index (Phi) is 1.58. The summed E-state index contributed by atoms with van der Waals surface area (Å²) >= 11 is 2.80. The van der Waals surface area contributed by atoms with Crippen LogP contribution >= 0.6 is 22.9 Å². The van der Waals surface area contributed by atoms with E-state index in [0.29, 0.717) is 5.82 Å². The summed E-state index contributed by atoms with van der Waals surface area (Å²) in [7, 11) is 0. The zero-order valence-electron chi connectivity index (χ0n) is 7.08. The molecule has 0 unspecified atom stereocenters. The molecule has 0 bridgehead atoms. The van der Waals surface area contributed by atoms with Gasteiger partial charge < -0.3 is 0 Å². The molecule has 0 N–H and O–H groups in total. The maximum Gasteiger partial charge on any atom is 0.234 e. The van der Waals surface area contributed by atoms with Gasteiger partial charge in [0.05, 0.1) is 6.20 Å². The monoisotopic (exact) mass is 224 g/mol. The molecule has 6 nitrogen and oxygen atoms in total. The number of hydrogen-bond acceptors (Lipinski definition) is 7. The predicted octanol–water partition coefficient (Wildman–Crippen LogP) is 1.01. The van der Waals surface area contributed by atoms with Crippen molar-refractivity contribution in [3.05, 3.63) is 11.2 Å². The minimum absolute atomic E-state index is 0.708. The van der Waals surface area contributed by atoms with E-state index in [4.69, 9.17) is 0 Å². The molecular formula is C6H4N6S2. The fourth-order valence-corrected chi connectivity index (χ4v) is 2.30. The van der Waals surface area contributed by atoms with Gasteiger partial charge in [-0.1, -0.05) is 15.8 Å². The number of aryl methyl sites for hydroxylation is 1. The van der Waals surface area contributed by atoms with Gasteiger partial charge in [-0.2, -0.15) is 9.61 Å². The third-order valence-corrected chi connectivity index (χ3v) is 3.15. The molecule has 3 aromatic rings. The van der Waals surface area contributed by atoms with Crippen molar-refractivity contribution in [1.29, 1.82) is 0 Å². The fourth-order valence-electron chi connectivity index (χ4n) is 1.13. The van der Waals surface area contributed by atoms with Crippen molar-refractivity contribution in [2.24, 2.45) is 0 Å². The van der Waals surface area contributed by atoms with Crippen molar-refractivity contribution in [3.63, 3.8) is 0 Å². The van der Waals surface area contributed by atoms with Gasteiger partial charge in [-0.3, -0.25) is 0 Å². The van der Waals surface area contributed by atoms with Crippen LogP contribution in [-0.4, -0.2) is 29.4 Å². The lowest BCUT2D eigenvalue weighted by atomic mass is 10.5. The van der Waals surface area contributed by atoms with Crippen molar-refractivity contribution in [2.75, 3.05) is 0 Å². The minimum Gasteiger partial charge on any atom is -0.182 e. The van der Waals surface area contributed by atoms with Crippen molar-refractivity contribution in [1.82, 2.24) is 29.4 Å². The van der Waals surface area contributed by atoms with Crippen molar-refractivity contribution in [3.8, 4) is 10.7 Å². The van der Waals surface area contributed by atoms with Crippen LogP contribution in [0.2, 0.25) is 0 Å². The highest BCUT2D eigenvalue weighted by atomic mass is 32.1. The molecule has 70 valence electrons. The Hall–Kier alpha value is -1.41. The molecule has 0 radical (unpaired) electrons. The molecule has 14 heavy (non-hydrogen) atoms. The minimum atomic E-state index is 0.708. The molecule has 3 rings (SSSR count). The summed E-state index contributed by atoms with van der Waals surface area (Å²) in [5.41, 5.74) is 0. The van der Waals surface area contributed by atoms with Crippen LogP contribution in [-0.2, 0) is 0 Å². The Balaban J connectivity index is 2.31. The van der Waals surface area contributed by atoms with Crippen LogP contribution < -0.4 is 0 Å². The molecule has 0 fully saturated rings. The maximum absolute atomic E-state index is 4.29. The standard InChI is InChI=1S/C6H4N6S2/c1-3-10-12-5(4-2-7-11-14-4)8-9-6(12)13-3/h2H,1H3. The maximum atomic E-state index is 4.29. The van der Waals surface area contributed by atoms with Crippen molar-refractivity contribution in [2.45, 2.75) is 6.92 Å². The summed E-state index contributed by atoms with van der Waals surface area (Å²) in [5.74, 6) is 0.708. The van der Waals surface area contributed by atoms with Gasteiger partial charge in [0.1, 0.15) is 9.88 Å². The van der Waals surface area contributed by atoms with Gasteiger partial charge in [0.25, 0.3) is 0 Å². The number of rotatable bonds is 1. The summed E-state index contributed by atoms with van der Waals surface area (Å²) < 4.78 is 5.50. The topological polar surface area (TPSA) is 68.9 Å². The zero-order valence-corrected chi connectivity index (χ0v) is 8.71. The number of nitrogens with zero attached hydrogens (tertiary/aromatic N) is 6. The van der Waals surface area contributed by atoms with Crippen LogP contribution in [0.1, 0.15) is 5.01 Å². The van der Waals surface area contributed by atoms with Crippen LogP contribution in [0.25, 0.3) is 15.7 Å². The first kappa shape index (κ1) is 7.94. The molecule has 3 heterocycles. The Morgan fingerprint density at radius 1 is 1.36 bits per heavy atom. The average Bonchev–Trinajstić information content (AvgIpc) is 2.77. The Labute approximate surface area is 86.4 Å². The third kappa shape index (κ3) is 1.04. The van der Waals surface area contributed by atoms with Gasteiger partial charge in [0.2, 0.25) is 4.96 Å². The first-order valence-corrected chi connectivity index (χ1v) is 5.40. The summed E-state index contributed by atoms with van der Waals surface area (Å²) in [6.07, 6.45) is 1.66. The summed E-state index contributed by atoms with van der Waals surface area (Å²) in [4.78, 5) is 1.67. The molecular weight excluding hydrogens is 220 g/mol. The van der Waals surface area contributed by atoms with E-state index in [0.717, 1.165) is 14.8 Å². The molecule has 0 aliphatic rings. The second-order valence-electron chi connectivity index (χ2n) is 2.62. The predicted molar refractivity (Wildman–Crippen MR) is 52.3 cm³/mol. The second-order valence-corrected chi connectivity index (χ2v) is 4.57. The highest BCUT2D eigenvalue weighted by Crippen LogP contribution is 2.22. The quantitative estimate of drug-likeness (QED) is 0.617. The molecule has 0 saturated heterocycles. The highest BCUT2D eigenvalue weighted by Gasteiger charge is 2.13. The van der Waals surface area contributed by atoms with Gasteiger partial charge in [-0.05, 0) is 18.5 Å². The summed E-state index contributed by atoms with van der Waals surface area (Å²) in [5, 5.41) is 17.1. The molecule has 0 aromatic carbocycles. The first-order valence-electron chi connectivity index (χ1n) is 3.81. The lowest BCUT2D eigenvalue weighted by molar-refractivity contribution is 0.943. The number of fused-ring (bicyclic) bond motifs is 1. The lowest BCUT2D eigenvalue weighted by Crippen LogP contribution is -1.88. The van der Waals surface area contributed by atoms with Gasteiger partial charge in [-0.15, -0.1) is 15.3 Å². The SMILES string of the molecule is Cc1nn2c(-c3cnns3)nnc2s1. The normalized spacial score (nSPS) is 11.2. The van der Waals surface area contributed by atoms with Crippen molar-refractivity contribution < 1.29 is 0 Å². The average molecular weight is 224 g/mol. The molecule has 0 spiro atoms. The van der Waals surface area contributed by atoms with Crippen LogP contribution in [0.5, 0.6) is 0 Å². The van der Waals surface area contributed by atoms with E-state index in [1.165, 1.54) is 22.9 Å². The van der Waals surface area contributed by atoms with Gasteiger partial charge in [0, 0.05) is 0 Å². The molecule has 0 saturated carbocycles. The zero-order chi connectivity index (χ0) is 9.54. The second kappa shape index (κ2) is 2.79. The Morgan fingerprint density at radius 2 is 2.29 bits per heavy atom. The molecule has 0 atom stereocenters. The van der Waals surface area contributed by atoms with E-state index in [1.54, 1.807) is 10.7 Å². The van der Waals surface area contributed by atoms with Crippen LogP contribution in [0, 0.1) is 6.92 Å². The summed E-state index contributed by atoms with van der Waals surface area (Å²) in [6.45, 7) is 1.94. The number of hydrogen-bond donors (Lipinski definition) is 0. The first-order chi connectivity index (χ1) is 6.84. The van der Waals surface area contributed by atoms with E-state index in [9.17, 15) is 0 Å². The van der Waals surface area contributed by atoms with Crippen molar-refractivity contribution >= 4 is 27.8 Å². The lowest BCUT2D eigenvalue weighted by Gasteiger charge is -1.86. The fraction of sp³-hybridized carbons (Fsp3) is 0.167. The molecule has 8 heteroatoms. The van der Waals surface area contributed by atoms with E-state index in [-0.39, 0.29) is 0 Å². The molecule has 0 amide bonds. The Morgan fingerprint density at radius 3 is 3.07 bits per heavy atom. The van der Waals surface area contributed by atoms with E-state index < -0.39 is 0 Å². The molecule has 0 aliphatic heterocycles. The smallest absolute Gasteiger partial charge is 0.182 e. The van der Waals surface area contributed by atoms with Crippen LogP contribution in [0.15, 0.2) is 6.20 Å². The Bertz CT molecular complexity index is 564. The van der Waals surface area contributed by atoms with E-state index >= 15 is 0 Å². The molecule has 3 aromatic heterocycles. The highest BCUT2D eigenvalue weighted by molar-refractivity contribution is 7.16. The number of aromatic nitrogens is 6. The van der Waals surface area contributed by atoms with E-state index in [1.807, 2.05) is 6.92 Å². The molecule has 0 aliphatic carbocycles.